The van der Waals surface area contributed by atoms with E-state index in [1.54, 1.807) is 0 Å². The highest BCUT2D eigenvalue weighted by Gasteiger charge is 2.32. The monoisotopic (exact) mass is 324 g/mol. The van der Waals surface area contributed by atoms with E-state index in [2.05, 4.69) is 52.6 Å². The number of amidine groups is 1. The molecule has 0 N–H and O–H groups in total. The van der Waals surface area contributed by atoms with E-state index < -0.39 is 0 Å². The summed E-state index contributed by atoms with van der Waals surface area (Å²) in [6.45, 7) is 13.5. The first-order chi connectivity index (χ1) is 11.7. The molecule has 0 aromatic heterocycles. The molecule has 3 aliphatic heterocycles. The SMILES string of the molecule is C=C1C=CC=C1C1=CN=C(N2CCN(C)CC2)C2=CCCN12.CC. The maximum Gasteiger partial charge on any atom is 0.152 e. The van der Waals surface area contributed by atoms with Gasteiger partial charge in [0, 0.05) is 38.3 Å². The van der Waals surface area contributed by atoms with Crippen LogP contribution in [0.1, 0.15) is 20.3 Å². The largest absolute Gasteiger partial charge is 0.352 e. The van der Waals surface area contributed by atoms with E-state index in [-0.39, 0.29) is 0 Å². The molecule has 0 bridgehead atoms. The van der Waals surface area contributed by atoms with Crippen LogP contribution in [0.4, 0.5) is 0 Å². The molecule has 0 saturated carbocycles. The zero-order valence-electron chi connectivity index (χ0n) is 15.1. The molecule has 0 aromatic carbocycles. The van der Waals surface area contributed by atoms with Crippen molar-refractivity contribution >= 4 is 5.84 Å². The first kappa shape index (κ1) is 16.8. The molecule has 4 nitrogen and oxygen atoms in total. The van der Waals surface area contributed by atoms with Crippen molar-refractivity contribution in [2.75, 3.05) is 39.8 Å². The molecule has 3 heterocycles. The van der Waals surface area contributed by atoms with Gasteiger partial charge in [-0.15, -0.1) is 0 Å². The van der Waals surface area contributed by atoms with E-state index in [9.17, 15) is 0 Å². The van der Waals surface area contributed by atoms with Crippen LogP contribution < -0.4 is 0 Å². The van der Waals surface area contributed by atoms with E-state index >= 15 is 0 Å². The van der Waals surface area contributed by atoms with Gasteiger partial charge in [0.15, 0.2) is 5.84 Å². The average molecular weight is 324 g/mol. The highest BCUT2D eigenvalue weighted by molar-refractivity contribution is 6.00. The topological polar surface area (TPSA) is 22.1 Å². The molecule has 128 valence electrons. The number of piperazine rings is 1. The Morgan fingerprint density at radius 1 is 1.04 bits per heavy atom. The molecule has 0 unspecified atom stereocenters. The van der Waals surface area contributed by atoms with Crippen LogP contribution in [0.25, 0.3) is 0 Å². The summed E-state index contributed by atoms with van der Waals surface area (Å²) in [5.74, 6) is 1.14. The molecule has 4 heteroatoms. The van der Waals surface area contributed by atoms with Gasteiger partial charge in [-0.1, -0.05) is 44.7 Å². The van der Waals surface area contributed by atoms with Gasteiger partial charge in [-0.25, -0.2) is 4.99 Å². The van der Waals surface area contributed by atoms with Gasteiger partial charge in [0.05, 0.1) is 17.6 Å². The van der Waals surface area contributed by atoms with E-state index in [1.807, 2.05) is 20.0 Å². The Balaban J connectivity index is 0.000000815. The Kier molecular flexibility index (Phi) is 5.05. The minimum absolute atomic E-state index is 1.04. The first-order valence-corrected chi connectivity index (χ1v) is 9.01. The molecule has 4 aliphatic rings. The number of fused-ring (bicyclic) bond motifs is 1. The number of likely N-dealkylation sites (N-methyl/N-ethyl adjacent to an activating group) is 1. The van der Waals surface area contributed by atoms with Crippen LogP contribution in [-0.2, 0) is 0 Å². The fraction of sp³-hybridized carbons (Fsp3) is 0.450. The Labute approximate surface area is 145 Å². The number of aliphatic imine (C=N–C) groups is 1. The third kappa shape index (κ3) is 2.98. The van der Waals surface area contributed by atoms with Crippen LogP contribution >= 0.6 is 0 Å². The van der Waals surface area contributed by atoms with Crippen molar-refractivity contribution in [1.29, 1.82) is 0 Å². The van der Waals surface area contributed by atoms with Crippen molar-refractivity contribution < 1.29 is 0 Å². The summed E-state index contributed by atoms with van der Waals surface area (Å²) >= 11 is 0. The third-order valence-corrected chi connectivity index (χ3v) is 4.80. The standard InChI is InChI=1S/C18H22N4.C2H6/c1-14-5-3-6-15(14)17-13-19-18(16-7-4-8-22(16)17)21-11-9-20(2)10-12-21;1-2/h3,5-7,13H,1,4,8-12H2,2H3;1-2H3. The number of hydrogen-bond acceptors (Lipinski definition) is 4. The van der Waals surface area contributed by atoms with Crippen molar-refractivity contribution in [2.45, 2.75) is 20.3 Å². The third-order valence-electron chi connectivity index (χ3n) is 4.80. The van der Waals surface area contributed by atoms with Gasteiger partial charge >= 0.3 is 0 Å². The van der Waals surface area contributed by atoms with Crippen molar-refractivity contribution in [3.8, 4) is 0 Å². The van der Waals surface area contributed by atoms with Gasteiger partial charge in [-0.05, 0) is 19.0 Å². The predicted molar refractivity (Wildman–Crippen MR) is 102 cm³/mol. The highest BCUT2D eigenvalue weighted by Crippen LogP contribution is 2.35. The van der Waals surface area contributed by atoms with Crippen LogP contribution in [0.3, 0.4) is 0 Å². The molecule has 0 atom stereocenters. The highest BCUT2D eigenvalue weighted by atomic mass is 15.3. The van der Waals surface area contributed by atoms with Gasteiger partial charge in [-0.2, -0.15) is 0 Å². The normalized spacial score (nSPS) is 23.2. The summed E-state index contributed by atoms with van der Waals surface area (Å²) in [7, 11) is 2.18. The smallest absolute Gasteiger partial charge is 0.152 e. The van der Waals surface area contributed by atoms with Gasteiger partial charge < -0.3 is 14.7 Å². The Morgan fingerprint density at radius 3 is 2.46 bits per heavy atom. The first-order valence-electron chi connectivity index (χ1n) is 9.01. The summed E-state index contributed by atoms with van der Waals surface area (Å²) in [6, 6.07) is 0. The number of rotatable bonds is 1. The van der Waals surface area contributed by atoms with E-state index in [1.165, 1.54) is 17.0 Å². The average Bonchev–Trinajstić information content (AvgIpc) is 3.26. The lowest BCUT2D eigenvalue weighted by Gasteiger charge is -2.38. The summed E-state index contributed by atoms with van der Waals surface area (Å²) < 4.78 is 0. The number of allylic oxidation sites excluding steroid dienone is 4. The molecule has 0 amide bonds. The second kappa shape index (κ2) is 7.22. The quantitative estimate of drug-likeness (QED) is 0.740. The fourth-order valence-corrected chi connectivity index (χ4v) is 3.47. The minimum Gasteiger partial charge on any atom is -0.352 e. The van der Waals surface area contributed by atoms with Crippen molar-refractivity contribution in [3.63, 3.8) is 0 Å². The number of hydrogen-bond donors (Lipinski definition) is 0. The van der Waals surface area contributed by atoms with Crippen molar-refractivity contribution in [1.82, 2.24) is 14.7 Å². The molecule has 1 saturated heterocycles. The summed E-state index contributed by atoms with van der Waals surface area (Å²) in [6.07, 6.45) is 11.7. The van der Waals surface area contributed by atoms with Gasteiger partial charge in [0.25, 0.3) is 0 Å². The number of nitrogens with zero attached hydrogens (tertiary/aromatic N) is 4. The van der Waals surface area contributed by atoms with Crippen LogP contribution in [0, 0.1) is 0 Å². The molecule has 0 radical (unpaired) electrons. The maximum absolute atomic E-state index is 4.82. The Bertz CT molecular complexity index is 655. The lowest BCUT2D eigenvalue weighted by molar-refractivity contribution is 0.213. The van der Waals surface area contributed by atoms with Gasteiger partial charge in [0.2, 0.25) is 0 Å². The summed E-state index contributed by atoms with van der Waals surface area (Å²) in [5.41, 5.74) is 4.75. The van der Waals surface area contributed by atoms with Gasteiger partial charge in [-0.3, -0.25) is 0 Å². The second-order valence-corrected chi connectivity index (χ2v) is 6.25. The van der Waals surface area contributed by atoms with Crippen LogP contribution in [0.2, 0.25) is 0 Å². The van der Waals surface area contributed by atoms with Crippen molar-refractivity contribution in [3.05, 3.63) is 59.6 Å². The fourth-order valence-electron chi connectivity index (χ4n) is 3.47. The summed E-state index contributed by atoms with van der Waals surface area (Å²) in [5, 5.41) is 0. The molecule has 24 heavy (non-hydrogen) atoms. The zero-order valence-corrected chi connectivity index (χ0v) is 15.1. The minimum atomic E-state index is 1.04. The van der Waals surface area contributed by atoms with E-state index in [4.69, 9.17) is 4.99 Å². The lowest BCUT2D eigenvalue weighted by Crippen LogP contribution is -2.49. The molecule has 0 aromatic rings. The van der Waals surface area contributed by atoms with Gasteiger partial charge in [0.1, 0.15) is 0 Å². The Morgan fingerprint density at radius 2 is 1.79 bits per heavy atom. The van der Waals surface area contributed by atoms with Crippen molar-refractivity contribution in [2.24, 2.45) is 4.99 Å². The van der Waals surface area contributed by atoms with E-state index in [0.717, 1.165) is 50.6 Å². The molecule has 4 rings (SSSR count). The Hall–Kier alpha value is -2.07. The predicted octanol–water partition coefficient (Wildman–Crippen LogP) is 3.16. The lowest BCUT2D eigenvalue weighted by atomic mass is 10.1. The molecule has 0 spiro atoms. The maximum atomic E-state index is 4.82. The summed E-state index contributed by atoms with van der Waals surface area (Å²) in [4.78, 5) is 12.0. The molecule has 1 fully saturated rings. The zero-order chi connectivity index (χ0) is 17.1. The van der Waals surface area contributed by atoms with E-state index in [0.29, 0.717) is 0 Å². The molecular weight excluding hydrogens is 296 g/mol. The van der Waals surface area contributed by atoms with Crippen LogP contribution in [0.5, 0.6) is 0 Å². The molecular formula is C20H28N4. The van der Waals surface area contributed by atoms with Crippen LogP contribution in [-0.4, -0.2) is 60.3 Å². The molecule has 1 aliphatic carbocycles. The van der Waals surface area contributed by atoms with Crippen LogP contribution in [0.15, 0.2) is 64.6 Å². The second-order valence-electron chi connectivity index (χ2n) is 6.25.